The minimum atomic E-state index is -0.296. The zero-order chi connectivity index (χ0) is 12.3. The zero-order valence-electron chi connectivity index (χ0n) is 9.53. The van der Waals surface area contributed by atoms with E-state index >= 15 is 0 Å². The van der Waals surface area contributed by atoms with Gasteiger partial charge in [-0.2, -0.15) is 0 Å². The maximum atomic E-state index is 12.8. The summed E-state index contributed by atoms with van der Waals surface area (Å²) in [5.74, 6) is -0.296. The smallest absolute Gasteiger partial charge is 0.254 e. The van der Waals surface area contributed by atoms with Gasteiger partial charge in [0.05, 0.1) is 12.0 Å². The topological polar surface area (TPSA) is 45.8 Å². The number of nitrogens with zero attached hydrogens (tertiary/aromatic N) is 1. The number of nitrogens with one attached hydrogen (secondary N) is 1. The third kappa shape index (κ3) is 2.41. The Labute approximate surface area is 98.3 Å². The van der Waals surface area contributed by atoms with Crippen LogP contribution in [0.1, 0.15) is 18.9 Å². The van der Waals surface area contributed by atoms with Gasteiger partial charge < -0.3 is 4.98 Å². The normalized spacial score (nSPS) is 10.5. The summed E-state index contributed by atoms with van der Waals surface area (Å²) in [5.41, 5.74) is 1.93. The molecule has 4 heteroatoms. The lowest BCUT2D eigenvalue weighted by Crippen LogP contribution is -2.14. The van der Waals surface area contributed by atoms with Crippen molar-refractivity contribution < 1.29 is 4.39 Å². The summed E-state index contributed by atoms with van der Waals surface area (Å²) in [4.78, 5) is 18.4. The van der Waals surface area contributed by atoms with Crippen LogP contribution in [-0.4, -0.2) is 9.97 Å². The molecule has 0 saturated carbocycles. The maximum Gasteiger partial charge on any atom is 0.254 e. The highest BCUT2D eigenvalue weighted by Gasteiger charge is 2.09. The number of benzene rings is 1. The molecule has 0 spiro atoms. The van der Waals surface area contributed by atoms with Crippen molar-refractivity contribution in [3.05, 3.63) is 52.3 Å². The molecule has 0 bridgehead atoms. The van der Waals surface area contributed by atoms with E-state index in [9.17, 15) is 9.18 Å². The van der Waals surface area contributed by atoms with E-state index in [0.717, 1.165) is 12.0 Å². The summed E-state index contributed by atoms with van der Waals surface area (Å²) in [6, 6.07) is 6.01. The molecule has 0 aliphatic rings. The molecule has 0 radical (unpaired) electrons. The standard InChI is InChI=1S/C13H13FN2O/c1-2-3-11-12(15-8-16-13(11)17)9-4-6-10(14)7-5-9/h4-8H,2-3H2,1H3,(H,15,16,17). The average molecular weight is 232 g/mol. The van der Waals surface area contributed by atoms with Crippen LogP contribution in [-0.2, 0) is 6.42 Å². The largest absolute Gasteiger partial charge is 0.313 e. The predicted octanol–water partition coefficient (Wildman–Crippen LogP) is 2.53. The first-order chi connectivity index (χ1) is 8.22. The summed E-state index contributed by atoms with van der Waals surface area (Å²) in [6.45, 7) is 2.00. The Morgan fingerprint density at radius 1 is 1.29 bits per heavy atom. The molecule has 1 N–H and O–H groups in total. The van der Waals surface area contributed by atoms with Crippen molar-refractivity contribution in [1.29, 1.82) is 0 Å². The number of aromatic amines is 1. The highest BCUT2D eigenvalue weighted by molar-refractivity contribution is 5.62. The van der Waals surface area contributed by atoms with E-state index in [0.29, 0.717) is 17.7 Å². The monoisotopic (exact) mass is 232 g/mol. The molecule has 88 valence electrons. The second-order valence-corrected chi connectivity index (χ2v) is 3.82. The summed E-state index contributed by atoms with van der Waals surface area (Å²) >= 11 is 0. The molecule has 0 saturated heterocycles. The quantitative estimate of drug-likeness (QED) is 0.883. The van der Waals surface area contributed by atoms with E-state index in [4.69, 9.17) is 0 Å². The van der Waals surface area contributed by atoms with E-state index < -0.39 is 0 Å². The first kappa shape index (κ1) is 11.5. The Hall–Kier alpha value is -1.97. The minimum Gasteiger partial charge on any atom is -0.313 e. The van der Waals surface area contributed by atoms with Gasteiger partial charge in [-0.1, -0.05) is 13.3 Å². The van der Waals surface area contributed by atoms with Crippen LogP contribution in [0.15, 0.2) is 35.4 Å². The molecule has 3 nitrogen and oxygen atoms in total. The predicted molar refractivity (Wildman–Crippen MR) is 64.2 cm³/mol. The fraction of sp³-hybridized carbons (Fsp3) is 0.231. The highest BCUT2D eigenvalue weighted by Crippen LogP contribution is 2.19. The summed E-state index contributed by atoms with van der Waals surface area (Å²) in [6.07, 6.45) is 2.90. The molecule has 1 aromatic carbocycles. The summed E-state index contributed by atoms with van der Waals surface area (Å²) in [5, 5.41) is 0. The molecule has 0 unspecified atom stereocenters. The van der Waals surface area contributed by atoms with Gasteiger partial charge in [0.25, 0.3) is 5.56 Å². The number of rotatable bonds is 3. The van der Waals surface area contributed by atoms with Crippen LogP contribution in [0.25, 0.3) is 11.3 Å². The lowest BCUT2D eigenvalue weighted by atomic mass is 10.0. The second kappa shape index (κ2) is 4.91. The Balaban J connectivity index is 2.54. The van der Waals surface area contributed by atoms with Gasteiger partial charge in [-0.15, -0.1) is 0 Å². The first-order valence-corrected chi connectivity index (χ1v) is 5.55. The zero-order valence-corrected chi connectivity index (χ0v) is 9.53. The summed E-state index contributed by atoms with van der Waals surface area (Å²) in [7, 11) is 0. The molecule has 0 atom stereocenters. The lowest BCUT2D eigenvalue weighted by Gasteiger charge is -2.06. The van der Waals surface area contributed by atoms with Gasteiger partial charge in [0.2, 0.25) is 0 Å². The molecule has 0 aliphatic carbocycles. The van der Waals surface area contributed by atoms with Crippen molar-refractivity contribution in [2.75, 3.05) is 0 Å². The molecule has 0 fully saturated rings. The Bertz CT molecular complexity index is 560. The van der Waals surface area contributed by atoms with Crippen molar-refractivity contribution in [1.82, 2.24) is 9.97 Å². The van der Waals surface area contributed by atoms with Crippen molar-refractivity contribution in [2.45, 2.75) is 19.8 Å². The van der Waals surface area contributed by atoms with Crippen molar-refractivity contribution in [3.8, 4) is 11.3 Å². The van der Waals surface area contributed by atoms with Crippen molar-refractivity contribution >= 4 is 0 Å². The van der Waals surface area contributed by atoms with Crippen LogP contribution in [0.3, 0.4) is 0 Å². The maximum absolute atomic E-state index is 12.8. The number of hydrogen-bond donors (Lipinski definition) is 1. The van der Waals surface area contributed by atoms with Gasteiger partial charge in [0.15, 0.2) is 0 Å². The van der Waals surface area contributed by atoms with Gasteiger partial charge >= 0.3 is 0 Å². The second-order valence-electron chi connectivity index (χ2n) is 3.82. The molecule has 2 rings (SSSR count). The van der Waals surface area contributed by atoms with Crippen LogP contribution in [0.4, 0.5) is 4.39 Å². The number of aromatic nitrogens is 2. The molecule has 1 aromatic heterocycles. The molecule has 0 aliphatic heterocycles. The number of halogens is 1. The molecule has 1 heterocycles. The van der Waals surface area contributed by atoms with Gasteiger partial charge in [-0.25, -0.2) is 9.37 Å². The average Bonchev–Trinajstić information content (AvgIpc) is 2.33. The number of hydrogen-bond acceptors (Lipinski definition) is 2. The van der Waals surface area contributed by atoms with Gasteiger partial charge in [0.1, 0.15) is 5.82 Å². The molecular weight excluding hydrogens is 219 g/mol. The molecular formula is C13H13FN2O. The Morgan fingerprint density at radius 2 is 2.00 bits per heavy atom. The first-order valence-electron chi connectivity index (χ1n) is 5.55. The highest BCUT2D eigenvalue weighted by atomic mass is 19.1. The summed E-state index contributed by atoms with van der Waals surface area (Å²) < 4.78 is 12.8. The van der Waals surface area contributed by atoms with E-state index in [2.05, 4.69) is 9.97 Å². The third-order valence-corrected chi connectivity index (χ3v) is 2.57. The number of H-pyrrole nitrogens is 1. The van der Waals surface area contributed by atoms with Crippen molar-refractivity contribution in [2.24, 2.45) is 0 Å². The van der Waals surface area contributed by atoms with E-state index in [1.165, 1.54) is 18.5 Å². The van der Waals surface area contributed by atoms with Gasteiger partial charge in [-0.05, 0) is 30.7 Å². The van der Waals surface area contributed by atoms with Crippen molar-refractivity contribution in [3.63, 3.8) is 0 Å². The minimum absolute atomic E-state index is 0.124. The van der Waals surface area contributed by atoms with E-state index in [-0.39, 0.29) is 11.4 Å². The third-order valence-electron chi connectivity index (χ3n) is 2.57. The fourth-order valence-corrected chi connectivity index (χ4v) is 1.77. The van der Waals surface area contributed by atoms with Crippen LogP contribution in [0.5, 0.6) is 0 Å². The molecule has 2 aromatic rings. The van der Waals surface area contributed by atoms with Crippen LogP contribution in [0, 0.1) is 5.82 Å². The Morgan fingerprint density at radius 3 is 2.65 bits per heavy atom. The van der Waals surface area contributed by atoms with Gasteiger partial charge in [0, 0.05) is 11.1 Å². The van der Waals surface area contributed by atoms with Crippen LogP contribution in [0.2, 0.25) is 0 Å². The lowest BCUT2D eigenvalue weighted by molar-refractivity contribution is 0.628. The van der Waals surface area contributed by atoms with Gasteiger partial charge in [-0.3, -0.25) is 4.79 Å². The molecule has 0 amide bonds. The van der Waals surface area contributed by atoms with Crippen LogP contribution < -0.4 is 5.56 Å². The molecule has 17 heavy (non-hydrogen) atoms. The van der Waals surface area contributed by atoms with E-state index in [1.54, 1.807) is 12.1 Å². The fourth-order valence-electron chi connectivity index (χ4n) is 1.77. The Kier molecular flexibility index (Phi) is 3.32. The van der Waals surface area contributed by atoms with E-state index in [1.807, 2.05) is 6.92 Å². The van der Waals surface area contributed by atoms with Crippen LogP contribution >= 0.6 is 0 Å². The SMILES string of the molecule is CCCc1c(-c2ccc(F)cc2)nc[nH]c1=O.